The van der Waals surface area contributed by atoms with Crippen LogP contribution in [0.25, 0.3) is 0 Å². The molecule has 7 nitrogen and oxygen atoms in total. The number of carbonyl (C=O) groups is 3. The number of esters is 1. The summed E-state index contributed by atoms with van der Waals surface area (Å²) < 4.78 is 5.82. The Kier molecular flexibility index (Phi) is 7.32. The van der Waals surface area contributed by atoms with Crippen LogP contribution in [0.1, 0.15) is 46.6 Å². The second-order valence-corrected chi connectivity index (χ2v) is 11.0. The summed E-state index contributed by atoms with van der Waals surface area (Å²) >= 11 is 0. The number of aliphatic hydroxyl groups is 2. The van der Waals surface area contributed by atoms with E-state index in [-0.39, 0.29) is 17.7 Å². The van der Waals surface area contributed by atoms with Crippen LogP contribution < -0.4 is 5.32 Å². The summed E-state index contributed by atoms with van der Waals surface area (Å²) in [5, 5.41) is 25.7. The number of aliphatic hydroxyl groups excluding tert-OH is 1. The minimum atomic E-state index is -1.82. The Bertz CT molecular complexity index is 1170. The van der Waals surface area contributed by atoms with Crippen LogP contribution in [-0.2, 0) is 25.5 Å². The number of hydrogen-bond donors (Lipinski definition) is 3. The molecule has 1 aliphatic heterocycles. The number of hydrogen-bond acceptors (Lipinski definition) is 6. The third-order valence-corrected chi connectivity index (χ3v) is 8.49. The molecule has 37 heavy (non-hydrogen) atoms. The molecule has 1 spiro atoms. The van der Waals surface area contributed by atoms with E-state index in [4.69, 9.17) is 4.74 Å². The number of carbonyl (C=O) groups excluding carboxylic acids is 3. The number of allylic oxidation sites excluding steroid dienone is 1. The summed E-state index contributed by atoms with van der Waals surface area (Å²) in [6, 6.07) is 9.52. The van der Waals surface area contributed by atoms with Crippen molar-refractivity contribution in [2.24, 2.45) is 23.2 Å². The van der Waals surface area contributed by atoms with Gasteiger partial charge in [-0.05, 0) is 56.9 Å². The fourth-order valence-corrected chi connectivity index (χ4v) is 6.54. The molecular weight excluding hydrogens is 470 g/mol. The summed E-state index contributed by atoms with van der Waals surface area (Å²) in [5.41, 5.74) is -0.500. The Morgan fingerprint density at radius 2 is 1.81 bits per heavy atom. The summed E-state index contributed by atoms with van der Waals surface area (Å²) in [4.78, 5) is 39.5. The average molecular weight is 508 g/mol. The van der Waals surface area contributed by atoms with E-state index in [9.17, 15) is 24.6 Å². The van der Waals surface area contributed by atoms with Gasteiger partial charge in [0.15, 0.2) is 5.78 Å². The SMILES string of the molecule is CC(=O)O[C@@H]1C=C[C@@](C)(O)C(=O)C(C)CC=C[C@H]2[C@H](O)C(C)=C(C)[C@H]3[C@H](Cc4ccccc4)NC(=O)[C@@]123. The molecule has 1 fully saturated rings. The lowest BCUT2D eigenvalue weighted by Gasteiger charge is -2.49. The topological polar surface area (TPSA) is 113 Å². The number of Topliss-reactive ketones (excluding diaryl/α,β-unsaturated/α-hetero) is 1. The molecule has 198 valence electrons. The van der Waals surface area contributed by atoms with Gasteiger partial charge >= 0.3 is 5.97 Å². The van der Waals surface area contributed by atoms with Crippen LogP contribution in [-0.4, -0.2) is 51.7 Å². The Morgan fingerprint density at radius 1 is 1.14 bits per heavy atom. The third-order valence-electron chi connectivity index (χ3n) is 8.49. The number of nitrogens with one attached hydrogen (secondary N) is 1. The molecule has 0 aromatic heterocycles. The summed E-state index contributed by atoms with van der Waals surface area (Å²) in [6.45, 7) is 8.20. The van der Waals surface area contributed by atoms with Crippen LogP contribution in [0, 0.1) is 23.2 Å². The number of benzene rings is 1. The van der Waals surface area contributed by atoms with E-state index in [2.05, 4.69) is 5.32 Å². The molecule has 0 bridgehead atoms. The lowest BCUT2D eigenvalue weighted by Crippen LogP contribution is -2.58. The van der Waals surface area contributed by atoms with Crippen molar-refractivity contribution < 1.29 is 29.3 Å². The maximum absolute atomic E-state index is 14.2. The molecule has 0 radical (unpaired) electrons. The first-order chi connectivity index (χ1) is 17.4. The summed E-state index contributed by atoms with van der Waals surface area (Å²) in [7, 11) is 0. The molecule has 1 saturated heterocycles. The maximum Gasteiger partial charge on any atom is 0.303 e. The predicted octanol–water partition coefficient (Wildman–Crippen LogP) is 3.06. The van der Waals surface area contributed by atoms with Crippen molar-refractivity contribution in [3.8, 4) is 0 Å². The fraction of sp³-hybridized carbons (Fsp3) is 0.500. The Hall–Kier alpha value is -3.03. The quantitative estimate of drug-likeness (QED) is 0.428. The Balaban J connectivity index is 1.96. The number of ether oxygens (including phenoxy) is 1. The van der Waals surface area contributed by atoms with Gasteiger partial charge in [-0.1, -0.05) is 55.0 Å². The van der Waals surface area contributed by atoms with Gasteiger partial charge in [0.05, 0.1) is 6.10 Å². The van der Waals surface area contributed by atoms with Crippen molar-refractivity contribution >= 4 is 17.7 Å². The van der Waals surface area contributed by atoms with Crippen molar-refractivity contribution in [1.82, 2.24) is 5.32 Å². The van der Waals surface area contributed by atoms with Crippen molar-refractivity contribution in [3.63, 3.8) is 0 Å². The van der Waals surface area contributed by atoms with E-state index < -0.39 is 46.9 Å². The fourth-order valence-electron chi connectivity index (χ4n) is 6.54. The number of ketones is 1. The highest BCUT2D eigenvalue weighted by molar-refractivity contribution is 5.91. The number of amides is 1. The molecule has 1 aromatic rings. The highest BCUT2D eigenvalue weighted by Crippen LogP contribution is 2.57. The molecule has 7 heteroatoms. The third kappa shape index (κ3) is 4.59. The van der Waals surface area contributed by atoms with E-state index in [0.29, 0.717) is 12.8 Å². The van der Waals surface area contributed by atoms with E-state index in [1.165, 1.54) is 26.0 Å². The van der Waals surface area contributed by atoms with Crippen LogP contribution in [0.3, 0.4) is 0 Å². The van der Waals surface area contributed by atoms with Gasteiger partial charge in [0, 0.05) is 30.7 Å². The van der Waals surface area contributed by atoms with Crippen molar-refractivity contribution in [2.45, 2.75) is 71.3 Å². The van der Waals surface area contributed by atoms with E-state index >= 15 is 0 Å². The highest BCUT2D eigenvalue weighted by atomic mass is 16.5. The first kappa shape index (κ1) is 27.0. The van der Waals surface area contributed by atoms with Gasteiger partial charge in [-0.25, -0.2) is 0 Å². The lowest BCUT2D eigenvalue weighted by molar-refractivity contribution is -0.161. The van der Waals surface area contributed by atoms with Crippen LogP contribution in [0.4, 0.5) is 0 Å². The van der Waals surface area contributed by atoms with Gasteiger partial charge in [0.1, 0.15) is 17.1 Å². The zero-order valence-corrected chi connectivity index (χ0v) is 22.1. The largest absolute Gasteiger partial charge is 0.457 e. The average Bonchev–Trinajstić information content (AvgIpc) is 3.13. The minimum Gasteiger partial charge on any atom is -0.457 e. The van der Waals surface area contributed by atoms with Gasteiger partial charge in [-0.3, -0.25) is 14.4 Å². The Labute approximate surface area is 218 Å². The van der Waals surface area contributed by atoms with Gasteiger partial charge < -0.3 is 20.3 Å². The van der Waals surface area contributed by atoms with Crippen molar-refractivity contribution in [2.75, 3.05) is 0 Å². The second kappa shape index (κ2) is 10.0. The number of rotatable bonds is 3. The smallest absolute Gasteiger partial charge is 0.303 e. The van der Waals surface area contributed by atoms with Crippen LogP contribution >= 0.6 is 0 Å². The van der Waals surface area contributed by atoms with Crippen molar-refractivity contribution in [1.29, 1.82) is 0 Å². The van der Waals surface area contributed by atoms with Gasteiger partial charge in [-0.2, -0.15) is 0 Å². The summed E-state index contributed by atoms with van der Waals surface area (Å²) in [6.07, 6.45) is 5.17. The lowest BCUT2D eigenvalue weighted by atomic mass is 9.54. The minimum absolute atomic E-state index is 0.314. The molecular formula is C30H37NO6. The molecule has 4 rings (SSSR count). The molecule has 3 aliphatic rings. The molecule has 1 heterocycles. The van der Waals surface area contributed by atoms with Crippen LogP contribution in [0.2, 0.25) is 0 Å². The second-order valence-electron chi connectivity index (χ2n) is 11.0. The highest BCUT2D eigenvalue weighted by Gasteiger charge is 2.67. The molecule has 1 aromatic carbocycles. The molecule has 1 unspecified atom stereocenters. The zero-order valence-electron chi connectivity index (χ0n) is 22.1. The molecule has 3 N–H and O–H groups in total. The first-order valence-electron chi connectivity index (χ1n) is 12.9. The monoisotopic (exact) mass is 507 g/mol. The van der Waals surface area contributed by atoms with Crippen LogP contribution in [0.5, 0.6) is 0 Å². The Morgan fingerprint density at radius 3 is 2.46 bits per heavy atom. The standard InChI is InChI=1S/C30H37NO6/c1-17-10-9-13-22-26(33)19(3)18(2)25-23(16-21-11-7-6-8-12-21)31-28(35)30(22,25)24(37-20(4)32)14-15-29(5,36)27(17)34/h6-9,11-15,17,22-26,33,36H,10,16H2,1-5H3,(H,31,35)/t17?,22-,23-,24+,25-,26+,29+,30+/m0/s1. The van der Waals surface area contributed by atoms with Crippen LogP contribution in [0.15, 0.2) is 65.8 Å². The van der Waals surface area contributed by atoms with E-state index in [0.717, 1.165) is 16.7 Å². The molecule has 1 amide bonds. The van der Waals surface area contributed by atoms with Gasteiger partial charge in [-0.15, -0.1) is 0 Å². The molecule has 8 atom stereocenters. The zero-order chi connectivity index (χ0) is 27.1. The normalized spacial score (nSPS) is 37.9. The maximum atomic E-state index is 14.2. The molecule has 0 saturated carbocycles. The molecule has 2 aliphatic carbocycles. The van der Waals surface area contributed by atoms with Crippen molar-refractivity contribution in [3.05, 3.63) is 71.3 Å². The predicted molar refractivity (Wildman–Crippen MR) is 139 cm³/mol. The van der Waals surface area contributed by atoms with Gasteiger partial charge in [0.2, 0.25) is 5.91 Å². The summed E-state index contributed by atoms with van der Waals surface area (Å²) in [5.74, 6) is -2.92. The van der Waals surface area contributed by atoms with Gasteiger partial charge in [0.25, 0.3) is 0 Å². The van der Waals surface area contributed by atoms with E-state index in [1.54, 1.807) is 19.1 Å². The first-order valence-corrected chi connectivity index (χ1v) is 12.9. The van der Waals surface area contributed by atoms with E-state index in [1.807, 2.05) is 44.2 Å².